The Morgan fingerprint density at radius 2 is 1.94 bits per heavy atom. The van der Waals surface area contributed by atoms with Gasteiger partial charge < -0.3 is 10.1 Å². The number of unbranched alkanes of at least 4 members (excludes halogenated alkanes) is 3. The lowest BCUT2D eigenvalue weighted by Gasteiger charge is -2.09. The van der Waals surface area contributed by atoms with Crippen molar-refractivity contribution in [1.29, 1.82) is 0 Å². The molecule has 0 fully saturated rings. The smallest absolute Gasteiger partial charge is 0.222 e. The first kappa shape index (κ1) is 15.4. The van der Waals surface area contributed by atoms with E-state index in [0.29, 0.717) is 0 Å². The van der Waals surface area contributed by atoms with Gasteiger partial charge >= 0.3 is 0 Å². The van der Waals surface area contributed by atoms with E-state index >= 15 is 0 Å². The van der Waals surface area contributed by atoms with Crippen molar-refractivity contribution in [1.82, 2.24) is 5.32 Å². The normalized spacial score (nSPS) is 12.4. The van der Waals surface area contributed by atoms with Crippen LogP contribution in [0.3, 0.4) is 0 Å². The lowest BCUT2D eigenvalue weighted by molar-refractivity contribution is -0.124. The highest BCUT2D eigenvalue weighted by Crippen LogP contribution is 2.02. The fourth-order valence-corrected chi connectivity index (χ4v) is 1.40. The summed E-state index contributed by atoms with van der Waals surface area (Å²) in [4.78, 5) is 11.4. The van der Waals surface area contributed by atoms with Crippen LogP contribution in [0.4, 0.5) is 0 Å². The van der Waals surface area contributed by atoms with Crippen LogP contribution in [0.2, 0.25) is 0 Å². The predicted octanol–water partition coefficient (Wildman–Crippen LogP) is 2.99. The molecular weight excluding hydrogens is 202 g/mol. The first-order valence-electron chi connectivity index (χ1n) is 6.57. The highest BCUT2D eigenvalue weighted by Gasteiger charge is 2.08. The summed E-state index contributed by atoms with van der Waals surface area (Å²) < 4.78 is 5.25. The first-order valence-corrected chi connectivity index (χ1v) is 6.57. The summed E-state index contributed by atoms with van der Waals surface area (Å²) in [5, 5.41) is 2.97. The van der Waals surface area contributed by atoms with Gasteiger partial charge in [0.15, 0.2) is 0 Å². The molecule has 3 nitrogen and oxygen atoms in total. The number of nitrogens with one attached hydrogen (secondary N) is 1. The van der Waals surface area contributed by atoms with Gasteiger partial charge in [-0.1, -0.05) is 26.7 Å². The fourth-order valence-electron chi connectivity index (χ4n) is 1.40. The molecular formula is C13H29NO2. The van der Waals surface area contributed by atoms with E-state index in [1.54, 1.807) is 0 Å². The zero-order valence-corrected chi connectivity index (χ0v) is 11.1. The van der Waals surface area contributed by atoms with Crippen molar-refractivity contribution in [2.45, 2.75) is 52.9 Å². The summed E-state index contributed by atoms with van der Waals surface area (Å²) in [7, 11) is 0. The molecule has 0 aromatic carbocycles. The second kappa shape index (κ2) is 10.9. The summed E-state index contributed by atoms with van der Waals surface area (Å²) in [6.45, 7) is 8.53. The second-order valence-corrected chi connectivity index (χ2v) is 4.21. The number of carbonyl (C=O) groups excluding carboxylic acids is 1. The van der Waals surface area contributed by atoms with E-state index in [1.807, 2.05) is 20.8 Å². The van der Waals surface area contributed by atoms with Gasteiger partial charge in [0.2, 0.25) is 5.91 Å². The molecule has 0 heterocycles. The molecule has 16 heavy (non-hydrogen) atoms. The van der Waals surface area contributed by atoms with E-state index < -0.39 is 0 Å². The molecule has 0 spiro atoms. The van der Waals surface area contributed by atoms with Crippen LogP contribution in [0.25, 0.3) is 0 Å². The lowest BCUT2D eigenvalue weighted by atomic mass is 10.1. The van der Waals surface area contributed by atoms with Crippen molar-refractivity contribution in [2.75, 3.05) is 19.8 Å². The van der Waals surface area contributed by atoms with Crippen LogP contribution in [-0.4, -0.2) is 25.7 Å². The summed E-state index contributed by atoms with van der Waals surface area (Å²) in [5.74, 6) is 0.342. The van der Waals surface area contributed by atoms with E-state index in [1.165, 1.54) is 12.8 Å². The Bertz CT molecular complexity index is 177. The van der Waals surface area contributed by atoms with Gasteiger partial charge in [-0.3, -0.25) is 4.79 Å². The molecule has 0 radical (unpaired) electrons. The Balaban J connectivity index is 0. The van der Waals surface area contributed by atoms with Crippen LogP contribution in [0.1, 0.15) is 54.3 Å². The third-order valence-electron chi connectivity index (χ3n) is 2.78. The predicted molar refractivity (Wildman–Crippen MR) is 69.5 cm³/mol. The Hall–Kier alpha value is -0.570. The van der Waals surface area contributed by atoms with Gasteiger partial charge in [-0.2, -0.15) is 0 Å². The molecule has 1 atom stereocenters. The zero-order chi connectivity index (χ0) is 12.2. The summed E-state index contributed by atoms with van der Waals surface area (Å²) in [6.07, 6.45) is 5.49. The van der Waals surface area contributed by atoms with Crippen molar-refractivity contribution < 1.29 is 11.0 Å². The van der Waals surface area contributed by atoms with Gasteiger partial charge in [-0.25, -0.2) is 0 Å². The maximum atomic E-state index is 11.4. The third kappa shape index (κ3) is 8.72. The van der Waals surface area contributed by atoms with Crippen molar-refractivity contribution >= 4 is 5.91 Å². The maximum Gasteiger partial charge on any atom is 0.222 e. The first-order chi connectivity index (χ1) is 7.72. The quantitative estimate of drug-likeness (QED) is 0.587. The van der Waals surface area contributed by atoms with E-state index in [4.69, 9.17) is 4.74 Å². The number of hydrogen-bond acceptors (Lipinski definition) is 2. The van der Waals surface area contributed by atoms with Crippen molar-refractivity contribution in [3.05, 3.63) is 0 Å². The largest absolute Gasteiger partial charge is 0.382 e. The SMILES string of the molecule is CCOCCCCCCNC(=O)C(C)CC.[HH]. The molecule has 3 heteroatoms. The number of rotatable bonds is 10. The maximum absolute atomic E-state index is 11.4. The number of ether oxygens (including phenoxy) is 1. The molecule has 0 saturated heterocycles. The van der Waals surface area contributed by atoms with E-state index in [-0.39, 0.29) is 13.3 Å². The number of hydrogen-bond donors (Lipinski definition) is 1. The lowest BCUT2D eigenvalue weighted by Crippen LogP contribution is -2.29. The Morgan fingerprint density at radius 1 is 1.25 bits per heavy atom. The minimum Gasteiger partial charge on any atom is -0.382 e. The summed E-state index contributed by atoms with van der Waals surface area (Å²) in [6, 6.07) is 0. The van der Waals surface area contributed by atoms with Crippen molar-refractivity contribution in [3.8, 4) is 0 Å². The van der Waals surface area contributed by atoms with Gasteiger partial charge in [0.25, 0.3) is 0 Å². The Labute approximate surface area is 101 Å². The van der Waals surface area contributed by atoms with Crippen molar-refractivity contribution in [2.24, 2.45) is 5.92 Å². The average Bonchev–Trinajstić information content (AvgIpc) is 2.31. The molecule has 0 bridgehead atoms. The molecule has 1 N–H and O–H groups in total. The minimum absolute atomic E-state index is 0. The van der Waals surface area contributed by atoms with Crippen LogP contribution in [0.5, 0.6) is 0 Å². The van der Waals surface area contributed by atoms with Gasteiger partial charge in [0.05, 0.1) is 0 Å². The Morgan fingerprint density at radius 3 is 2.56 bits per heavy atom. The Kier molecular flexibility index (Phi) is 10.5. The second-order valence-electron chi connectivity index (χ2n) is 4.21. The topological polar surface area (TPSA) is 38.3 Å². The minimum atomic E-state index is 0. The van der Waals surface area contributed by atoms with Crippen molar-refractivity contribution in [3.63, 3.8) is 0 Å². The van der Waals surface area contributed by atoms with Gasteiger partial charge in [0, 0.05) is 27.1 Å². The molecule has 98 valence electrons. The van der Waals surface area contributed by atoms with Crippen LogP contribution in [0, 0.1) is 5.92 Å². The summed E-state index contributed by atoms with van der Waals surface area (Å²) in [5.41, 5.74) is 0. The molecule has 0 aliphatic carbocycles. The summed E-state index contributed by atoms with van der Waals surface area (Å²) >= 11 is 0. The molecule has 0 aromatic rings. The fraction of sp³-hybridized carbons (Fsp3) is 0.923. The number of amides is 1. The van der Waals surface area contributed by atoms with Gasteiger partial charge in [-0.15, -0.1) is 0 Å². The molecule has 0 aliphatic heterocycles. The number of carbonyl (C=O) groups is 1. The van der Waals surface area contributed by atoms with Gasteiger partial charge in [-0.05, 0) is 26.2 Å². The average molecular weight is 231 g/mol. The molecule has 0 rings (SSSR count). The molecule has 0 saturated carbocycles. The molecule has 1 amide bonds. The van der Waals surface area contributed by atoms with Crippen LogP contribution < -0.4 is 5.32 Å². The van der Waals surface area contributed by atoms with Crippen LogP contribution in [0.15, 0.2) is 0 Å². The standard InChI is InChI=1S/C13H27NO2.H2/c1-4-12(3)13(15)14-10-8-6-7-9-11-16-5-2;/h12H,4-11H2,1-3H3,(H,14,15);1H. The van der Waals surface area contributed by atoms with E-state index in [0.717, 1.165) is 39.0 Å². The highest BCUT2D eigenvalue weighted by molar-refractivity contribution is 5.78. The van der Waals surface area contributed by atoms with E-state index in [2.05, 4.69) is 5.32 Å². The molecule has 0 aliphatic rings. The highest BCUT2D eigenvalue weighted by atomic mass is 16.5. The van der Waals surface area contributed by atoms with E-state index in [9.17, 15) is 4.79 Å². The zero-order valence-electron chi connectivity index (χ0n) is 11.1. The van der Waals surface area contributed by atoms with Crippen LogP contribution >= 0.6 is 0 Å². The van der Waals surface area contributed by atoms with Crippen LogP contribution in [-0.2, 0) is 9.53 Å². The van der Waals surface area contributed by atoms with Gasteiger partial charge in [0.1, 0.15) is 0 Å². The molecule has 0 aromatic heterocycles. The monoisotopic (exact) mass is 231 g/mol. The third-order valence-corrected chi connectivity index (χ3v) is 2.78. The molecule has 1 unspecified atom stereocenters.